The van der Waals surface area contributed by atoms with E-state index in [2.05, 4.69) is 5.92 Å². The van der Waals surface area contributed by atoms with E-state index in [4.69, 9.17) is 20.6 Å². The molecule has 0 aliphatic heterocycles. The predicted molar refractivity (Wildman–Crippen MR) is 63.1 cm³/mol. The summed E-state index contributed by atoms with van der Waals surface area (Å²) in [5.74, 6) is 4.53. The lowest BCUT2D eigenvalue weighted by atomic mass is 10.3. The van der Waals surface area contributed by atoms with Crippen molar-refractivity contribution in [3.05, 3.63) is 18.2 Å². The average molecular weight is 220 g/mol. The topological polar surface area (TPSA) is 27.7 Å². The summed E-state index contributed by atoms with van der Waals surface area (Å²) in [6.07, 6.45) is 6.69. The van der Waals surface area contributed by atoms with Gasteiger partial charge in [0.15, 0.2) is 11.5 Å². The van der Waals surface area contributed by atoms with Gasteiger partial charge in [-0.2, -0.15) is 0 Å². The van der Waals surface area contributed by atoms with Crippen LogP contribution >= 0.6 is 0 Å². The van der Waals surface area contributed by atoms with Crippen molar-refractivity contribution in [3.63, 3.8) is 0 Å². The van der Waals surface area contributed by atoms with Crippen LogP contribution in [-0.2, 0) is 0 Å². The molecule has 0 amide bonds. The summed E-state index contributed by atoms with van der Waals surface area (Å²) in [6.45, 7) is 0.556. The van der Waals surface area contributed by atoms with Crippen LogP contribution in [0.25, 0.3) is 0 Å². The molecule has 3 heteroatoms. The van der Waals surface area contributed by atoms with Gasteiger partial charge < -0.3 is 14.2 Å². The number of benzene rings is 1. The highest BCUT2D eigenvalue weighted by atomic mass is 16.5. The summed E-state index contributed by atoms with van der Waals surface area (Å²) in [4.78, 5) is 0. The van der Waals surface area contributed by atoms with E-state index >= 15 is 0 Å². The molecule has 0 heterocycles. The number of para-hydroxylation sites is 1. The lowest BCUT2D eigenvalue weighted by Gasteiger charge is -2.13. The first-order chi connectivity index (χ1) is 7.83. The number of hydrogen-bond donors (Lipinski definition) is 0. The molecule has 86 valence electrons. The Balaban J connectivity index is 2.71. The summed E-state index contributed by atoms with van der Waals surface area (Å²) in [7, 11) is 3.20. The quantitative estimate of drug-likeness (QED) is 0.544. The molecule has 1 aromatic carbocycles. The maximum Gasteiger partial charge on any atom is 0.203 e. The molecule has 0 atom stereocenters. The van der Waals surface area contributed by atoms with Crippen molar-refractivity contribution in [2.75, 3.05) is 20.8 Å². The first kappa shape index (κ1) is 12.3. The van der Waals surface area contributed by atoms with Crippen molar-refractivity contribution in [2.45, 2.75) is 12.8 Å². The second kappa shape index (κ2) is 6.62. The van der Waals surface area contributed by atoms with Gasteiger partial charge in [-0.1, -0.05) is 6.07 Å². The Morgan fingerprint density at radius 2 is 1.81 bits per heavy atom. The minimum absolute atomic E-state index is 0.556. The van der Waals surface area contributed by atoms with E-state index < -0.39 is 0 Å². The molecule has 0 aliphatic rings. The van der Waals surface area contributed by atoms with Crippen molar-refractivity contribution in [2.24, 2.45) is 0 Å². The first-order valence-electron chi connectivity index (χ1n) is 5.10. The largest absolute Gasteiger partial charge is 0.493 e. The number of unbranched alkanes of at least 4 members (excludes halogenated alkanes) is 1. The molecular formula is C13H16O3. The maximum atomic E-state index is 5.61. The van der Waals surface area contributed by atoms with Crippen molar-refractivity contribution in [1.29, 1.82) is 0 Å². The van der Waals surface area contributed by atoms with Crippen LogP contribution < -0.4 is 14.2 Å². The molecule has 0 aliphatic carbocycles. The molecule has 0 aromatic heterocycles. The molecule has 16 heavy (non-hydrogen) atoms. The van der Waals surface area contributed by atoms with Gasteiger partial charge in [0.25, 0.3) is 0 Å². The molecule has 0 saturated carbocycles. The average Bonchev–Trinajstić information content (AvgIpc) is 2.34. The molecule has 0 unspecified atom stereocenters. The molecule has 0 spiro atoms. The van der Waals surface area contributed by atoms with E-state index in [0.717, 1.165) is 6.42 Å². The number of rotatable bonds is 6. The van der Waals surface area contributed by atoms with Crippen LogP contribution in [0.4, 0.5) is 0 Å². The minimum Gasteiger partial charge on any atom is -0.493 e. The monoisotopic (exact) mass is 220 g/mol. The Morgan fingerprint density at radius 3 is 2.31 bits per heavy atom. The maximum absolute atomic E-state index is 5.61. The summed E-state index contributed by atoms with van der Waals surface area (Å²) in [5.41, 5.74) is 0. The van der Waals surface area contributed by atoms with Crippen LogP contribution in [0.1, 0.15) is 12.8 Å². The lowest BCUT2D eigenvalue weighted by Crippen LogP contribution is -2.01. The van der Waals surface area contributed by atoms with Gasteiger partial charge in [-0.25, -0.2) is 0 Å². The van der Waals surface area contributed by atoms with Gasteiger partial charge in [-0.05, 0) is 18.6 Å². The van der Waals surface area contributed by atoms with E-state index in [1.165, 1.54) is 0 Å². The highest BCUT2D eigenvalue weighted by molar-refractivity contribution is 5.51. The predicted octanol–water partition coefficient (Wildman–Crippen LogP) is 2.50. The van der Waals surface area contributed by atoms with Crippen molar-refractivity contribution in [3.8, 4) is 29.6 Å². The van der Waals surface area contributed by atoms with Gasteiger partial charge in [0, 0.05) is 6.42 Å². The zero-order chi connectivity index (χ0) is 11.8. The number of methoxy groups -OCH3 is 2. The van der Waals surface area contributed by atoms with Crippen LogP contribution in [0, 0.1) is 12.3 Å². The zero-order valence-corrected chi connectivity index (χ0v) is 9.66. The van der Waals surface area contributed by atoms with Gasteiger partial charge in [0.05, 0.1) is 20.8 Å². The molecule has 0 fully saturated rings. The number of terminal acetylenes is 1. The fraction of sp³-hybridized carbons (Fsp3) is 0.385. The van der Waals surface area contributed by atoms with E-state index in [9.17, 15) is 0 Å². The van der Waals surface area contributed by atoms with E-state index in [0.29, 0.717) is 30.3 Å². The second-order valence-electron chi connectivity index (χ2n) is 3.15. The smallest absolute Gasteiger partial charge is 0.203 e. The fourth-order valence-corrected chi connectivity index (χ4v) is 1.31. The van der Waals surface area contributed by atoms with Crippen molar-refractivity contribution in [1.82, 2.24) is 0 Å². The van der Waals surface area contributed by atoms with Crippen LogP contribution in [-0.4, -0.2) is 20.8 Å². The number of hydrogen-bond acceptors (Lipinski definition) is 3. The summed E-state index contributed by atoms with van der Waals surface area (Å²) < 4.78 is 16.0. The molecule has 1 rings (SSSR count). The summed E-state index contributed by atoms with van der Waals surface area (Å²) in [5, 5.41) is 0. The van der Waals surface area contributed by atoms with Crippen LogP contribution in [0.5, 0.6) is 17.2 Å². The molecule has 0 radical (unpaired) electrons. The Bertz CT molecular complexity index is 344. The van der Waals surface area contributed by atoms with Gasteiger partial charge in [-0.15, -0.1) is 12.3 Å². The summed E-state index contributed by atoms with van der Waals surface area (Å²) >= 11 is 0. The molecule has 3 nitrogen and oxygen atoms in total. The Labute approximate surface area is 96.3 Å². The second-order valence-corrected chi connectivity index (χ2v) is 3.15. The standard InChI is InChI=1S/C13H16O3/c1-4-5-6-10-16-13-11(14-2)8-7-9-12(13)15-3/h1,7-9H,5-6,10H2,2-3H3. The van der Waals surface area contributed by atoms with E-state index in [1.807, 2.05) is 18.2 Å². The molecule has 0 N–H and O–H groups in total. The zero-order valence-electron chi connectivity index (χ0n) is 9.66. The highest BCUT2D eigenvalue weighted by Gasteiger charge is 2.10. The highest BCUT2D eigenvalue weighted by Crippen LogP contribution is 2.36. The third kappa shape index (κ3) is 3.09. The van der Waals surface area contributed by atoms with E-state index in [1.54, 1.807) is 14.2 Å². The SMILES string of the molecule is C#CCCCOc1c(OC)cccc1OC. The Morgan fingerprint density at radius 1 is 1.19 bits per heavy atom. The van der Waals surface area contributed by atoms with Crippen LogP contribution in [0.15, 0.2) is 18.2 Å². The van der Waals surface area contributed by atoms with Crippen molar-refractivity contribution < 1.29 is 14.2 Å². The van der Waals surface area contributed by atoms with Gasteiger partial charge in [-0.3, -0.25) is 0 Å². The van der Waals surface area contributed by atoms with Crippen LogP contribution in [0.3, 0.4) is 0 Å². The van der Waals surface area contributed by atoms with E-state index in [-0.39, 0.29) is 0 Å². The normalized spacial score (nSPS) is 9.31. The van der Waals surface area contributed by atoms with Crippen LogP contribution in [0.2, 0.25) is 0 Å². The Hall–Kier alpha value is -1.82. The number of ether oxygens (including phenoxy) is 3. The molecule has 0 saturated heterocycles. The molecular weight excluding hydrogens is 204 g/mol. The molecule has 0 bridgehead atoms. The fourth-order valence-electron chi connectivity index (χ4n) is 1.31. The third-order valence-corrected chi connectivity index (χ3v) is 2.09. The van der Waals surface area contributed by atoms with Crippen molar-refractivity contribution >= 4 is 0 Å². The van der Waals surface area contributed by atoms with Gasteiger partial charge in [0.1, 0.15) is 0 Å². The molecule has 1 aromatic rings. The lowest BCUT2D eigenvalue weighted by molar-refractivity contribution is 0.272. The van der Waals surface area contributed by atoms with Gasteiger partial charge in [0.2, 0.25) is 5.75 Å². The summed E-state index contributed by atoms with van der Waals surface area (Å²) in [6, 6.07) is 5.52. The Kier molecular flexibility index (Phi) is 5.07. The minimum atomic E-state index is 0.556. The third-order valence-electron chi connectivity index (χ3n) is 2.09. The first-order valence-corrected chi connectivity index (χ1v) is 5.10. The van der Waals surface area contributed by atoms with Gasteiger partial charge >= 0.3 is 0 Å².